The molecule has 0 aromatic heterocycles. The molecule has 0 heterocycles. The van der Waals surface area contributed by atoms with Gasteiger partial charge in [0.25, 0.3) is 0 Å². The number of hydrogen-bond donors (Lipinski definition) is 1. The van der Waals surface area contributed by atoms with Crippen LogP contribution in [0.1, 0.15) is 24.1 Å². The number of anilines is 1. The van der Waals surface area contributed by atoms with Crippen LogP contribution in [-0.4, -0.2) is 7.05 Å². The van der Waals surface area contributed by atoms with E-state index in [1.54, 1.807) is 6.07 Å². The minimum atomic E-state index is -0.253. The quantitative estimate of drug-likeness (QED) is 0.918. The number of halogens is 2. The van der Waals surface area contributed by atoms with E-state index >= 15 is 0 Å². The van der Waals surface area contributed by atoms with Crippen LogP contribution in [0, 0.1) is 5.82 Å². The minimum absolute atomic E-state index is 0.0227. The Morgan fingerprint density at radius 2 is 1.85 bits per heavy atom. The normalized spacial score (nSPS) is 12.2. The van der Waals surface area contributed by atoms with Crippen LogP contribution in [0.15, 0.2) is 42.5 Å². The van der Waals surface area contributed by atoms with Crippen LogP contribution < -0.4 is 10.6 Å². The van der Waals surface area contributed by atoms with Crippen molar-refractivity contribution in [1.82, 2.24) is 0 Å². The smallest absolute Gasteiger partial charge is 0.146 e. The van der Waals surface area contributed by atoms with E-state index < -0.39 is 0 Å². The lowest BCUT2D eigenvalue weighted by molar-refractivity contribution is 0.608. The summed E-state index contributed by atoms with van der Waals surface area (Å²) in [6.45, 7) is 2.33. The summed E-state index contributed by atoms with van der Waals surface area (Å²) in [6.07, 6.45) is 0. The second-order valence-electron chi connectivity index (χ2n) is 4.79. The molecule has 0 amide bonds. The molecule has 0 saturated heterocycles. The monoisotopic (exact) mass is 292 g/mol. The highest BCUT2D eigenvalue weighted by atomic mass is 35.5. The number of para-hydroxylation sites is 1. The Morgan fingerprint density at radius 1 is 1.20 bits per heavy atom. The van der Waals surface area contributed by atoms with Gasteiger partial charge < -0.3 is 10.6 Å². The molecule has 0 aliphatic heterocycles. The Kier molecular flexibility index (Phi) is 4.63. The van der Waals surface area contributed by atoms with Gasteiger partial charge in [0.05, 0.1) is 11.7 Å². The van der Waals surface area contributed by atoms with E-state index in [9.17, 15) is 4.39 Å². The van der Waals surface area contributed by atoms with Gasteiger partial charge in [0.1, 0.15) is 5.82 Å². The molecule has 0 fully saturated rings. The maximum Gasteiger partial charge on any atom is 0.146 e. The predicted molar refractivity (Wildman–Crippen MR) is 82.6 cm³/mol. The van der Waals surface area contributed by atoms with Gasteiger partial charge in [-0.25, -0.2) is 4.39 Å². The van der Waals surface area contributed by atoms with Crippen molar-refractivity contribution in [2.45, 2.75) is 19.5 Å². The second kappa shape index (κ2) is 6.25. The third kappa shape index (κ3) is 2.94. The van der Waals surface area contributed by atoms with Gasteiger partial charge in [-0.1, -0.05) is 35.9 Å². The molecule has 0 radical (unpaired) electrons. The molecule has 0 aliphatic carbocycles. The van der Waals surface area contributed by atoms with E-state index in [4.69, 9.17) is 17.3 Å². The summed E-state index contributed by atoms with van der Waals surface area (Å²) in [5, 5.41) is 0.692. The summed E-state index contributed by atoms with van der Waals surface area (Å²) in [5.41, 5.74) is 8.13. The van der Waals surface area contributed by atoms with Crippen LogP contribution in [0.25, 0.3) is 0 Å². The summed E-state index contributed by atoms with van der Waals surface area (Å²) in [6, 6.07) is 12.6. The average Bonchev–Trinajstić information content (AvgIpc) is 2.46. The third-order valence-electron chi connectivity index (χ3n) is 3.58. The first-order chi connectivity index (χ1) is 9.54. The van der Waals surface area contributed by atoms with Gasteiger partial charge in [0.15, 0.2) is 0 Å². The van der Waals surface area contributed by atoms with Gasteiger partial charge in [-0.05, 0) is 36.2 Å². The highest BCUT2D eigenvalue weighted by molar-refractivity contribution is 6.30. The molecule has 1 unspecified atom stereocenters. The van der Waals surface area contributed by atoms with Gasteiger partial charge in [-0.15, -0.1) is 0 Å². The van der Waals surface area contributed by atoms with Crippen LogP contribution in [0.4, 0.5) is 10.1 Å². The van der Waals surface area contributed by atoms with Gasteiger partial charge in [0, 0.05) is 18.6 Å². The van der Waals surface area contributed by atoms with Crippen molar-refractivity contribution in [1.29, 1.82) is 0 Å². The van der Waals surface area contributed by atoms with Crippen molar-refractivity contribution in [3.8, 4) is 0 Å². The standard InChI is InChI=1S/C16H18ClFN2/c1-11(12-6-8-14(17)9-7-12)20(2)16-13(10-19)4-3-5-15(16)18/h3-9,11H,10,19H2,1-2H3. The molecule has 0 saturated carbocycles. The zero-order chi connectivity index (χ0) is 14.7. The Morgan fingerprint density at radius 3 is 2.45 bits per heavy atom. The van der Waals surface area contributed by atoms with Crippen molar-refractivity contribution in [3.63, 3.8) is 0 Å². The molecule has 2 rings (SSSR count). The Balaban J connectivity index is 2.35. The predicted octanol–water partition coefficient (Wildman–Crippen LogP) is 4.14. The van der Waals surface area contributed by atoms with Gasteiger partial charge in [0.2, 0.25) is 0 Å². The first-order valence-corrected chi connectivity index (χ1v) is 6.88. The average molecular weight is 293 g/mol. The van der Waals surface area contributed by atoms with Crippen LogP contribution >= 0.6 is 11.6 Å². The zero-order valence-electron chi connectivity index (χ0n) is 11.6. The van der Waals surface area contributed by atoms with Crippen LogP contribution in [-0.2, 0) is 6.54 Å². The molecule has 20 heavy (non-hydrogen) atoms. The highest BCUT2D eigenvalue weighted by Gasteiger charge is 2.18. The van der Waals surface area contributed by atoms with Crippen molar-refractivity contribution in [2.75, 3.05) is 11.9 Å². The summed E-state index contributed by atoms with van der Waals surface area (Å²) in [4.78, 5) is 1.90. The molecule has 0 spiro atoms. The lowest BCUT2D eigenvalue weighted by atomic mass is 10.0. The largest absolute Gasteiger partial charge is 0.365 e. The molecule has 106 valence electrons. The number of nitrogens with zero attached hydrogens (tertiary/aromatic N) is 1. The Hall–Kier alpha value is -1.58. The molecule has 4 heteroatoms. The molecule has 2 nitrogen and oxygen atoms in total. The number of rotatable bonds is 4. The lowest BCUT2D eigenvalue weighted by Gasteiger charge is -2.29. The van der Waals surface area contributed by atoms with Gasteiger partial charge in [-0.3, -0.25) is 0 Å². The number of hydrogen-bond acceptors (Lipinski definition) is 2. The fourth-order valence-electron chi connectivity index (χ4n) is 2.28. The van der Waals surface area contributed by atoms with Crippen LogP contribution in [0.2, 0.25) is 5.02 Å². The maximum atomic E-state index is 14.1. The summed E-state index contributed by atoms with van der Waals surface area (Å²) in [5.74, 6) is -0.253. The zero-order valence-corrected chi connectivity index (χ0v) is 12.4. The van der Waals surface area contributed by atoms with Crippen LogP contribution in [0.3, 0.4) is 0 Å². The number of benzene rings is 2. The summed E-state index contributed by atoms with van der Waals surface area (Å²) in [7, 11) is 1.87. The Labute approximate surface area is 124 Å². The Bertz CT molecular complexity index is 584. The molecule has 1 atom stereocenters. The third-order valence-corrected chi connectivity index (χ3v) is 3.83. The first kappa shape index (κ1) is 14.8. The van der Waals surface area contributed by atoms with E-state index in [-0.39, 0.29) is 11.9 Å². The lowest BCUT2D eigenvalue weighted by Crippen LogP contribution is -2.24. The number of nitrogens with two attached hydrogens (primary N) is 1. The van der Waals surface area contributed by atoms with Crippen molar-refractivity contribution in [2.24, 2.45) is 5.73 Å². The molecule has 0 bridgehead atoms. The molecular weight excluding hydrogens is 275 g/mol. The molecular formula is C16H18ClFN2. The minimum Gasteiger partial charge on any atom is -0.365 e. The SMILES string of the molecule is CC(c1ccc(Cl)cc1)N(C)c1c(F)cccc1CN. The van der Waals surface area contributed by atoms with Crippen molar-refractivity contribution >= 4 is 17.3 Å². The molecule has 2 aromatic carbocycles. The van der Waals surface area contributed by atoms with E-state index in [0.717, 1.165) is 11.1 Å². The molecule has 2 aromatic rings. The van der Waals surface area contributed by atoms with E-state index in [1.807, 2.05) is 49.2 Å². The van der Waals surface area contributed by atoms with Crippen molar-refractivity contribution in [3.05, 3.63) is 64.4 Å². The van der Waals surface area contributed by atoms with E-state index in [2.05, 4.69) is 0 Å². The topological polar surface area (TPSA) is 29.3 Å². The van der Waals surface area contributed by atoms with Gasteiger partial charge >= 0.3 is 0 Å². The van der Waals surface area contributed by atoms with E-state index in [1.165, 1.54) is 6.07 Å². The fourth-order valence-corrected chi connectivity index (χ4v) is 2.40. The fraction of sp³-hybridized carbons (Fsp3) is 0.250. The van der Waals surface area contributed by atoms with Crippen LogP contribution in [0.5, 0.6) is 0 Å². The maximum absolute atomic E-state index is 14.1. The first-order valence-electron chi connectivity index (χ1n) is 6.50. The van der Waals surface area contributed by atoms with Gasteiger partial charge in [-0.2, -0.15) is 0 Å². The molecule has 0 aliphatic rings. The van der Waals surface area contributed by atoms with Crippen molar-refractivity contribution < 1.29 is 4.39 Å². The van der Waals surface area contributed by atoms with E-state index in [0.29, 0.717) is 17.3 Å². The second-order valence-corrected chi connectivity index (χ2v) is 5.23. The molecule has 2 N–H and O–H groups in total. The highest BCUT2D eigenvalue weighted by Crippen LogP contribution is 2.30. The summed E-state index contributed by atoms with van der Waals surface area (Å²) < 4.78 is 14.1. The summed E-state index contributed by atoms with van der Waals surface area (Å²) >= 11 is 5.90.